The topological polar surface area (TPSA) is 79.6 Å². The predicted molar refractivity (Wildman–Crippen MR) is 96.9 cm³/mol. The molecule has 0 saturated carbocycles. The van der Waals surface area contributed by atoms with Crippen LogP contribution in [-0.2, 0) is 21.2 Å². The summed E-state index contributed by atoms with van der Waals surface area (Å²) in [5.41, 5.74) is 1.13. The van der Waals surface area contributed by atoms with Crippen LogP contribution in [0.15, 0.2) is 45.9 Å². The van der Waals surface area contributed by atoms with Crippen molar-refractivity contribution in [2.24, 2.45) is 0 Å². The van der Waals surface area contributed by atoms with E-state index in [9.17, 15) is 13.2 Å². The quantitative estimate of drug-likeness (QED) is 0.780. The second-order valence-electron chi connectivity index (χ2n) is 5.70. The van der Waals surface area contributed by atoms with E-state index in [0.717, 1.165) is 5.76 Å². The molecular weight excluding hydrogens is 340 g/mol. The van der Waals surface area contributed by atoms with Crippen molar-refractivity contribution in [1.29, 1.82) is 0 Å². The van der Waals surface area contributed by atoms with Crippen molar-refractivity contribution in [3.05, 3.63) is 47.9 Å². The molecule has 0 spiro atoms. The van der Waals surface area contributed by atoms with Crippen molar-refractivity contribution >= 4 is 21.6 Å². The summed E-state index contributed by atoms with van der Waals surface area (Å²) in [5.74, 6) is 0.551. The summed E-state index contributed by atoms with van der Waals surface area (Å²) in [5, 5.41) is 2.76. The van der Waals surface area contributed by atoms with E-state index in [4.69, 9.17) is 4.42 Å². The molecule has 0 atom stereocenters. The van der Waals surface area contributed by atoms with Crippen LogP contribution in [0.25, 0.3) is 0 Å². The lowest BCUT2D eigenvalue weighted by atomic mass is 10.2. The maximum atomic E-state index is 12.7. The number of hydrogen-bond acceptors (Lipinski definition) is 4. The molecule has 1 N–H and O–H groups in total. The summed E-state index contributed by atoms with van der Waals surface area (Å²) in [4.78, 5) is 12.3. The summed E-state index contributed by atoms with van der Waals surface area (Å²) in [7, 11) is -3.57. The molecule has 0 unspecified atom stereocenters. The zero-order valence-electron chi connectivity index (χ0n) is 14.8. The van der Waals surface area contributed by atoms with Gasteiger partial charge in [-0.15, -0.1) is 0 Å². The van der Waals surface area contributed by atoms with Crippen LogP contribution < -0.4 is 5.32 Å². The average molecular weight is 364 g/mol. The van der Waals surface area contributed by atoms with Crippen molar-refractivity contribution in [3.8, 4) is 0 Å². The summed E-state index contributed by atoms with van der Waals surface area (Å²) in [6.45, 7) is 6.15. The minimum atomic E-state index is -3.57. The number of aryl methyl sites for hydroxylation is 2. The highest BCUT2D eigenvalue weighted by atomic mass is 32.2. The fourth-order valence-corrected chi connectivity index (χ4v) is 4.28. The fraction of sp³-hybridized carbons (Fsp3) is 0.389. The summed E-state index contributed by atoms with van der Waals surface area (Å²) < 4.78 is 32.1. The van der Waals surface area contributed by atoms with E-state index in [1.807, 2.05) is 6.07 Å². The molecule has 1 amide bonds. The van der Waals surface area contributed by atoms with Crippen molar-refractivity contribution in [1.82, 2.24) is 4.31 Å². The van der Waals surface area contributed by atoms with E-state index < -0.39 is 10.0 Å². The zero-order chi connectivity index (χ0) is 18.4. The maximum absolute atomic E-state index is 12.7. The minimum Gasteiger partial charge on any atom is -0.469 e. The van der Waals surface area contributed by atoms with E-state index in [1.54, 1.807) is 45.2 Å². The Morgan fingerprint density at radius 1 is 1.20 bits per heavy atom. The molecule has 1 aromatic carbocycles. The van der Waals surface area contributed by atoms with Crippen molar-refractivity contribution < 1.29 is 17.6 Å². The number of carbonyl (C=O) groups is 1. The first-order valence-electron chi connectivity index (χ1n) is 8.31. The smallest absolute Gasteiger partial charge is 0.243 e. The largest absolute Gasteiger partial charge is 0.469 e. The second-order valence-corrected chi connectivity index (χ2v) is 7.60. The Morgan fingerprint density at radius 2 is 1.92 bits per heavy atom. The van der Waals surface area contributed by atoms with Crippen LogP contribution in [0.2, 0.25) is 0 Å². The number of carbonyl (C=O) groups excluding carboxylic acids is 1. The van der Waals surface area contributed by atoms with Gasteiger partial charge < -0.3 is 9.73 Å². The first-order chi connectivity index (χ1) is 11.9. The SMILES string of the molecule is CCN(CC)S(=O)(=O)c1cc(NC(=O)CCc2ccco2)ccc1C. The summed E-state index contributed by atoms with van der Waals surface area (Å²) >= 11 is 0. The number of benzene rings is 1. The maximum Gasteiger partial charge on any atom is 0.243 e. The molecule has 6 nitrogen and oxygen atoms in total. The number of amides is 1. The Labute approximate surface area is 148 Å². The van der Waals surface area contributed by atoms with Crippen LogP contribution in [0, 0.1) is 6.92 Å². The van der Waals surface area contributed by atoms with Gasteiger partial charge in [0.15, 0.2) is 0 Å². The number of rotatable bonds is 8. The van der Waals surface area contributed by atoms with Gasteiger partial charge in [-0.05, 0) is 36.8 Å². The Hall–Kier alpha value is -2.12. The molecule has 0 aliphatic heterocycles. The van der Waals surface area contributed by atoms with Crippen molar-refractivity contribution in [3.63, 3.8) is 0 Å². The van der Waals surface area contributed by atoms with E-state index in [-0.39, 0.29) is 17.2 Å². The lowest BCUT2D eigenvalue weighted by Crippen LogP contribution is -2.31. The molecule has 0 aliphatic rings. The number of nitrogens with zero attached hydrogens (tertiary/aromatic N) is 1. The highest BCUT2D eigenvalue weighted by Gasteiger charge is 2.24. The van der Waals surface area contributed by atoms with Gasteiger partial charge in [-0.25, -0.2) is 8.42 Å². The van der Waals surface area contributed by atoms with E-state index >= 15 is 0 Å². The Kier molecular flexibility index (Phi) is 6.39. The van der Waals surface area contributed by atoms with Crippen LogP contribution >= 0.6 is 0 Å². The molecule has 0 bridgehead atoms. The van der Waals surface area contributed by atoms with Gasteiger partial charge in [0.05, 0.1) is 11.2 Å². The molecule has 0 radical (unpaired) electrons. The van der Waals surface area contributed by atoms with Gasteiger partial charge in [0, 0.05) is 31.6 Å². The zero-order valence-corrected chi connectivity index (χ0v) is 15.6. The molecule has 136 valence electrons. The number of sulfonamides is 1. The van der Waals surface area contributed by atoms with E-state index in [0.29, 0.717) is 30.8 Å². The first kappa shape index (κ1) is 19.2. The number of anilines is 1. The third-order valence-corrected chi connectivity index (χ3v) is 6.17. The number of furan rings is 1. The molecule has 1 aromatic heterocycles. The summed E-state index contributed by atoms with van der Waals surface area (Å²) in [6, 6.07) is 8.53. The van der Waals surface area contributed by atoms with Crippen LogP contribution in [0.4, 0.5) is 5.69 Å². The third kappa shape index (κ3) is 4.70. The monoisotopic (exact) mass is 364 g/mol. The predicted octanol–water partition coefficient (Wildman–Crippen LogP) is 3.19. The fourth-order valence-electron chi connectivity index (χ4n) is 2.57. The van der Waals surface area contributed by atoms with Crippen molar-refractivity contribution in [2.45, 2.75) is 38.5 Å². The number of nitrogens with one attached hydrogen (secondary N) is 1. The van der Waals surface area contributed by atoms with Gasteiger partial charge in [0.1, 0.15) is 5.76 Å². The van der Waals surface area contributed by atoms with Crippen molar-refractivity contribution in [2.75, 3.05) is 18.4 Å². The molecule has 2 aromatic rings. The Bertz CT molecular complexity index is 810. The average Bonchev–Trinajstić information content (AvgIpc) is 3.09. The van der Waals surface area contributed by atoms with Crippen LogP contribution in [0.1, 0.15) is 31.6 Å². The number of hydrogen-bond donors (Lipinski definition) is 1. The molecule has 25 heavy (non-hydrogen) atoms. The third-order valence-electron chi connectivity index (χ3n) is 3.97. The highest BCUT2D eigenvalue weighted by molar-refractivity contribution is 7.89. The van der Waals surface area contributed by atoms with Gasteiger partial charge in [-0.3, -0.25) is 4.79 Å². The van der Waals surface area contributed by atoms with Gasteiger partial charge in [0.2, 0.25) is 15.9 Å². The normalized spacial score (nSPS) is 11.7. The summed E-state index contributed by atoms with van der Waals surface area (Å²) in [6.07, 6.45) is 2.33. The first-order valence-corrected chi connectivity index (χ1v) is 9.75. The van der Waals surface area contributed by atoms with Gasteiger partial charge in [0.25, 0.3) is 0 Å². The van der Waals surface area contributed by atoms with E-state index in [2.05, 4.69) is 5.32 Å². The molecule has 2 rings (SSSR count). The Balaban J connectivity index is 2.14. The molecule has 1 heterocycles. The van der Waals surface area contributed by atoms with E-state index in [1.165, 1.54) is 10.4 Å². The van der Waals surface area contributed by atoms with Crippen LogP contribution in [-0.4, -0.2) is 31.7 Å². The van der Waals surface area contributed by atoms with Gasteiger partial charge in [-0.1, -0.05) is 19.9 Å². The van der Waals surface area contributed by atoms with Gasteiger partial charge in [-0.2, -0.15) is 4.31 Å². The highest BCUT2D eigenvalue weighted by Crippen LogP contribution is 2.23. The molecular formula is C18H24N2O4S. The molecule has 0 aliphatic carbocycles. The molecule has 0 fully saturated rings. The lowest BCUT2D eigenvalue weighted by molar-refractivity contribution is -0.116. The lowest BCUT2D eigenvalue weighted by Gasteiger charge is -2.20. The van der Waals surface area contributed by atoms with Crippen LogP contribution in [0.3, 0.4) is 0 Å². The second kappa shape index (κ2) is 8.31. The Morgan fingerprint density at radius 3 is 2.52 bits per heavy atom. The molecule has 0 saturated heterocycles. The van der Waals surface area contributed by atoms with Gasteiger partial charge >= 0.3 is 0 Å². The minimum absolute atomic E-state index is 0.188. The standard InChI is InChI=1S/C18H24N2O4S/c1-4-20(5-2)25(22,23)17-13-15(9-8-14(17)3)19-18(21)11-10-16-7-6-12-24-16/h6-9,12-13H,4-5,10-11H2,1-3H3,(H,19,21). The molecule has 7 heteroatoms. The van der Waals surface area contributed by atoms with Crippen LogP contribution in [0.5, 0.6) is 0 Å².